The fraction of sp³-hybridized carbons (Fsp3) is 0.400. The van der Waals surface area contributed by atoms with Gasteiger partial charge >= 0.3 is 5.97 Å². The third kappa shape index (κ3) is 6.10. The van der Waals surface area contributed by atoms with Crippen LogP contribution in [0.3, 0.4) is 0 Å². The van der Waals surface area contributed by atoms with E-state index in [1.807, 2.05) is 28.8 Å². The van der Waals surface area contributed by atoms with Crippen LogP contribution in [0.5, 0.6) is 0 Å². The van der Waals surface area contributed by atoms with E-state index in [1.165, 1.54) is 19.8 Å². The molecule has 0 saturated carbocycles. The van der Waals surface area contributed by atoms with E-state index in [0.29, 0.717) is 29.2 Å². The highest BCUT2D eigenvalue weighted by molar-refractivity contribution is 6.11. The molecule has 2 heterocycles. The number of nitrogens with zero attached hydrogens (tertiary/aromatic N) is 2. The number of fused-ring (bicyclic) bond motifs is 1. The fourth-order valence-electron chi connectivity index (χ4n) is 3.66. The summed E-state index contributed by atoms with van der Waals surface area (Å²) in [5, 5.41) is 6.90. The van der Waals surface area contributed by atoms with Crippen molar-refractivity contribution < 1.29 is 19.1 Å². The van der Waals surface area contributed by atoms with E-state index in [0.717, 1.165) is 25.1 Å². The van der Waals surface area contributed by atoms with E-state index >= 15 is 0 Å². The van der Waals surface area contributed by atoms with Crippen molar-refractivity contribution in [3.05, 3.63) is 53.9 Å². The van der Waals surface area contributed by atoms with Crippen molar-refractivity contribution in [2.24, 2.45) is 5.92 Å². The lowest BCUT2D eigenvalue weighted by Crippen LogP contribution is -2.20. The number of nitrogens with one attached hydrogen (secondary N) is 2. The molecule has 2 aromatic heterocycles. The lowest BCUT2D eigenvalue weighted by molar-refractivity contribution is -0.119. The van der Waals surface area contributed by atoms with Crippen molar-refractivity contribution in [3.63, 3.8) is 0 Å². The Bertz CT molecular complexity index is 1090. The van der Waals surface area contributed by atoms with Crippen LogP contribution in [-0.2, 0) is 27.2 Å². The van der Waals surface area contributed by atoms with E-state index in [9.17, 15) is 9.59 Å². The molecular weight excluding hydrogens is 420 g/mol. The Morgan fingerprint density at radius 1 is 1.15 bits per heavy atom. The average molecular weight is 453 g/mol. The van der Waals surface area contributed by atoms with Gasteiger partial charge in [-0.3, -0.25) is 4.79 Å². The number of benzene rings is 1. The summed E-state index contributed by atoms with van der Waals surface area (Å²) < 4.78 is 11.8. The van der Waals surface area contributed by atoms with Crippen molar-refractivity contribution in [2.45, 2.75) is 33.2 Å². The number of anilines is 2. The second-order valence-corrected chi connectivity index (χ2v) is 8.29. The largest absolute Gasteiger partial charge is 0.464 e. The minimum absolute atomic E-state index is 0.123. The number of rotatable bonds is 11. The van der Waals surface area contributed by atoms with Gasteiger partial charge in [-0.25, -0.2) is 9.78 Å². The third-order valence-electron chi connectivity index (χ3n) is 5.33. The highest BCUT2D eigenvalue weighted by Crippen LogP contribution is 2.33. The molecule has 0 bridgehead atoms. The number of amides is 1. The van der Waals surface area contributed by atoms with Crippen molar-refractivity contribution in [1.29, 1.82) is 0 Å². The number of pyridine rings is 1. The average Bonchev–Trinajstić information content (AvgIpc) is 3.10. The molecule has 0 fully saturated rings. The van der Waals surface area contributed by atoms with Crippen LogP contribution in [0.15, 0.2) is 42.6 Å². The SMILES string of the molecule is COCC(=O)Nc1c(C(=O)OC)n(CCC(C)C)c2ncc(NCCc3ccccc3)cc12. The topological polar surface area (TPSA) is 94.5 Å². The Kier molecular flexibility index (Phi) is 8.43. The van der Waals surface area contributed by atoms with Gasteiger partial charge in [-0.05, 0) is 30.4 Å². The molecule has 0 saturated heterocycles. The Morgan fingerprint density at radius 2 is 1.91 bits per heavy atom. The van der Waals surface area contributed by atoms with Gasteiger partial charge in [0.1, 0.15) is 12.3 Å². The van der Waals surface area contributed by atoms with Crippen molar-refractivity contribution in [1.82, 2.24) is 9.55 Å². The molecule has 0 aliphatic heterocycles. The Morgan fingerprint density at radius 3 is 2.58 bits per heavy atom. The van der Waals surface area contributed by atoms with Gasteiger partial charge in [0.05, 0.1) is 24.7 Å². The summed E-state index contributed by atoms with van der Waals surface area (Å²) in [4.78, 5) is 29.8. The van der Waals surface area contributed by atoms with E-state index in [1.54, 1.807) is 6.20 Å². The number of carbonyl (C=O) groups is 2. The predicted octanol–water partition coefficient (Wildman–Crippen LogP) is 4.11. The molecule has 0 unspecified atom stereocenters. The maximum absolute atomic E-state index is 12.8. The van der Waals surface area contributed by atoms with Crippen molar-refractivity contribution >= 4 is 34.3 Å². The van der Waals surface area contributed by atoms with Gasteiger partial charge in [-0.15, -0.1) is 0 Å². The predicted molar refractivity (Wildman–Crippen MR) is 130 cm³/mol. The smallest absolute Gasteiger partial charge is 0.356 e. The molecule has 1 amide bonds. The Labute approximate surface area is 194 Å². The molecule has 0 aliphatic rings. The van der Waals surface area contributed by atoms with Crippen LogP contribution in [0.2, 0.25) is 0 Å². The fourth-order valence-corrected chi connectivity index (χ4v) is 3.66. The molecule has 176 valence electrons. The van der Waals surface area contributed by atoms with E-state index in [-0.39, 0.29) is 18.2 Å². The van der Waals surface area contributed by atoms with E-state index in [2.05, 4.69) is 41.6 Å². The molecule has 0 atom stereocenters. The summed E-state index contributed by atoms with van der Waals surface area (Å²) >= 11 is 0. The van der Waals surface area contributed by atoms with Crippen LogP contribution in [0, 0.1) is 5.92 Å². The minimum atomic E-state index is -0.525. The summed E-state index contributed by atoms with van der Waals surface area (Å²) in [5.74, 6) is -0.450. The third-order valence-corrected chi connectivity index (χ3v) is 5.33. The summed E-state index contributed by atoms with van der Waals surface area (Å²) in [7, 11) is 2.78. The normalized spacial score (nSPS) is 11.1. The lowest BCUT2D eigenvalue weighted by atomic mass is 10.1. The van der Waals surface area contributed by atoms with Crippen LogP contribution in [0.4, 0.5) is 11.4 Å². The summed E-state index contributed by atoms with van der Waals surface area (Å²) in [6.45, 7) is 5.41. The van der Waals surface area contributed by atoms with Gasteiger partial charge < -0.3 is 24.7 Å². The Hall–Kier alpha value is -3.39. The van der Waals surface area contributed by atoms with Gasteiger partial charge in [-0.2, -0.15) is 0 Å². The van der Waals surface area contributed by atoms with E-state index in [4.69, 9.17) is 9.47 Å². The Balaban J connectivity index is 1.99. The molecule has 0 radical (unpaired) electrons. The molecule has 8 nitrogen and oxygen atoms in total. The van der Waals surface area contributed by atoms with Gasteiger partial charge in [0.25, 0.3) is 0 Å². The first-order valence-corrected chi connectivity index (χ1v) is 11.1. The number of methoxy groups -OCH3 is 2. The molecule has 8 heteroatoms. The van der Waals surface area contributed by atoms with Crippen LogP contribution >= 0.6 is 0 Å². The molecule has 3 aromatic rings. The number of hydrogen-bond acceptors (Lipinski definition) is 6. The molecule has 33 heavy (non-hydrogen) atoms. The van der Waals surface area contributed by atoms with Crippen molar-refractivity contribution in [3.8, 4) is 0 Å². The zero-order chi connectivity index (χ0) is 23.8. The zero-order valence-electron chi connectivity index (χ0n) is 19.7. The molecule has 2 N–H and O–H groups in total. The van der Waals surface area contributed by atoms with Gasteiger partial charge in [0.15, 0.2) is 5.69 Å². The number of hydrogen-bond donors (Lipinski definition) is 2. The first-order valence-electron chi connectivity index (χ1n) is 11.1. The highest BCUT2D eigenvalue weighted by atomic mass is 16.5. The summed E-state index contributed by atoms with van der Waals surface area (Å²) in [6.07, 6.45) is 3.46. The first kappa shape index (κ1) is 24.3. The lowest BCUT2D eigenvalue weighted by Gasteiger charge is -2.12. The van der Waals surface area contributed by atoms with Crippen LogP contribution in [0.25, 0.3) is 11.0 Å². The number of ether oxygens (including phenoxy) is 2. The van der Waals surface area contributed by atoms with Crippen LogP contribution in [0.1, 0.15) is 36.3 Å². The quantitative estimate of drug-likeness (QED) is 0.425. The number of carbonyl (C=O) groups excluding carboxylic acids is 2. The molecule has 1 aromatic carbocycles. The zero-order valence-corrected chi connectivity index (χ0v) is 19.7. The highest BCUT2D eigenvalue weighted by Gasteiger charge is 2.26. The second kappa shape index (κ2) is 11.5. The molecule has 3 rings (SSSR count). The summed E-state index contributed by atoms with van der Waals surface area (Å²) in [5.41, 5.74) is 3.34. The first-order chi connectivity index (χ1) is 15.9. The van der Waals surface area contributed by atoms with Crippen molar-refractivity contribution in [2.75, 3.05) is 38.0 Å². The van der Waals surface area contributed by atoms with Crippen LogP contribution in [-0.4, -0.2) is 48.8 Å². The maximum Gasteiger partial charge on any atom is 0.356 e. The molecule has 0 aliphatic carbocycles. The van der Waals surface area contributed by atoms with E-state index < -0.39 is 5.97 Å². The molecular formula is C25H32N4O4. The van der Waals surface area contributed by atoms with Gasteiger partial charge in [-0.1, -0.05) is 44.2 Å². The number of aryl methyl sites for hydroxylation is 1. The molecule has 0 spiro atoms. The standard InChI is InChI=1S/C25H32N4O4/c1-17(2)11-13-29-23(25(31)33-4)22(28-21(30)16-32-3)20-14-19(15-27-24(20)29)26-12-10-18-8-6-5-7-9-18/h5-9,14-15,17,26H,10-13,16H2,1-4H3,(H,28,30). The van der Waals surface area contributed by atoms with Gasteiger partial charge in [0, 0.05) is 25.6 Å². The van der Waals surface area contributed by atoms with Crippen LogP contribution < -0.4 is 10.6 Å². The minimum Gasteiger partial charge on any atom is -0.464 e. The summed E-state index contributed by atoms with van der Waals surface area (Å²) in [6, 6.07) is 12.1. The monoisotopic (exact) mass is 452 g/mol. The number of esters is 1. The van der Waals surface area contributed by atoms with Gasteiger partial charge in [0.2, 0.25) is 5.91 Å². The maximum atomic E-state index is 12.8. The number of aromatic nitrogens is 2. The second-order valence-electron chi connectivity index (χ2n) is 8.29.